The highest BCUT2D eigenvalue weighted by Gasteiger charge is 2.29. The Morgan fingerprint density at radius 2 is 1.82 bits per heavy atom. The molecule has 28 heavy (non-hydrogen) atoms. The van der Waals surface area contributed by atoms with Gasteiger partial charge in [0.15, 0.2) is 5.82 Å². The summed E-state index contributed by atoms with van der Waals surface area (Å²) in [6.45, 7) is 3.64. The molecule has 0 atom stereocenters. The summed E-state index contributed by atoms with van der Waals surface area (Å²) < 4.78 is 15.6. The largest absolute Gasteiger partial charge is 0.287 e. The van der Waals surface area contributed by atoms with E-state index >= 15 is 4.39 Å². The van der Waals surface area contributed by atoms with Gasteiger partial charge in [0.05, 0.1) is 46.3 Å². The summed E-state index contributed by atoms with van der Waals surface area (Å²) >= 11 is 6.04. The molecule has 0 bridgehead atoms. The van der Waals surface area contributed by atoms with Crippen LogP contribution in [0, 0.1) is 20.0 Å². The van der Waals surface area contributed by atoms with Gasteiger partial charge in [-0.25, -0.2) is 5.01 Å². The Morgan fingerprint density at radius 3 is 2.54 bits per heavy atom. The minimum absolute atomic E-state index is 0.107. The van der Waals surface area contributed by atoms with Crippen LogP contribution >= 0.6 is 11.6 Å². The second-order valence-electron chi connectivity index (χ2n) is 6.02. The van der Waals surface area contributed by atoms with Crippen LogP contribution in [0.2, 0.25) is 5.02 Å². The van der Waals surface area contributed by atoms with Crippen LogP contribution in [0.3, 0.4) is 0 Å². The second kappa shape index (κ2) is 7.28. The fourth-order valence-corrected chi connectivity index (χ4v) is 2.72. The Bertz CT molecular complexity index is 1100. The van der Waals surface area contributed by atoms with Crippen molar-refractivity contribution in [2.24, 2.45) is 0 Å². The molecule has 0 aromatic carbocycles. The lowest BCUT2D eigenvalue weighted by molar-refractivity contribution is 0.558. The van der Waals surface area contributed by atoms with Gasteiger partial charge in [0.2, 0.25) is 5.95 Å². The van der Waals surface area contributed by atoms with E-state index in [1.54, 1.807) is 24.4 Å². The molecule has 0 amide bonds. The molecule has 4 heterocycles. The number of aryl methyl sites for hydroxylation is 2. The van der Waals surface area contributed by atoms with Gasteiger partial charge in [0.25, 0.3) is 0 Å². The van der Waals surface area contributed by atoms with Gasteiger partial charge in [-0.05, 0) is 43.7 Å². The summed E-state index contributed by atoms with van der Waals surface area (Å²) in [6.07, 6.45) is 5.88. The first-order valence-electron chi connectivity index (χ1n) is 8.20. The number of rotatable bonds is 3. The Labute approximate surface area is 164 Å². The third-order valence-corrected chi connectivity index (χ3v) is 4.09. The summed E-state index contributed by atoms with van der Waals surface area (Å²) in [4.78, 5) is 0. The van der Waals surface area contributed by atoms with Crippen molar-refractivity contribution in [1.29, 1.82) is 0 Å². The second-order valence-corrected chi connectivity index (χ2v) is 6.46. The number of hydrogen-bond donors (Lipinski definition) is 1. The summed E-state index contributed by atoms with van der Waals surface area (Å²) in [5.74, 6) is -0.417. The maximum Gasteiger partial charge on any atom is 0.224 e. The first-order chi connectivity index (χ1) is 13.5. The molecule has 0 aliphatic carbocycles. The SMILES string of the molecule is Cc1cnnc(N2N[C]=C(c3ccc(C)nn3)C(c3cc(Cl)cnn3)=C2F)c1. The number of anilines is 1. The molecule has 0 spiro atoms. The number of nitrogens with zero attached hydrogens (tertiary/aromatic N) is 7. The lowest BCUT2D eigenvalue weighted by Crippen LogP contribution is -2.37. The zero-order valence-corrected chi connectivity index (χ0v) is 15.6. The van der Waals surface area contributed by atoms with Crippen molar-refractivity contribution in [3.8, 4) is 0 Å². The highest BCUT2D eigenvalue weighted by molar-refractivity contribution is 6.30. The molecule has 1 N–H and O–H groups in total. The first kappa shape index (κ1) is 17.9. The van der Waals surface area contributed by atoms with E-state index in [1.165, 1.54) is 12.3 Å². The highest BCUT2D eigenvalue weighted by atomic mass is 35.5. The molecule has 4 rings (SSSR count). The summed E-state index contributed by atoms with van der Waals surface area (Å²) in [7, 11) is 0. The van der Waals surface area contributed by atoms with E-state index in [1.807, 2.05) is 13.8 Å². The molecule has 0 unspecified atom stereocenters. The quantitative estimate of drug-likeness (QED) is 0.677. The zero-order valence-electron chi connectivity index (χ0n) is 14.9. The van der Waals surface area contributed by atoms with Gasteiger partial charge in [0.1, 0.15) is 0 Å². The van der Waals surface area contributed by atoms with Crippen molar-refractivity contribution in [3.63, 3.8) is 0 Å². The van der Waals surface area contributed by atoms with Crippen molar-refractivity contribution in [3.05, 3.63) is 76.5 Å². The number of hydrogen-bond acceptors (Lipinski definition) is 8. The Balaban J connectivity index is 1.88. The molecule has 1 aliphatic heterocycles. The van der Waals surface area contributed by atoms with Crippen LogP contribution in [-0.4, -0.2) is 30.6 Å². The van der Waals surface area contributed by atoms with Gasteiger partial charge in [-0.3, -0.25) is 5.43 Å². The molecule has 0 saturated carbocycles. The molecule has 10 heteroatoms. The first-order valence-corrected chi connectivity index (χ1v) is 8.58. The van der Waals surface area contributed by atoms with E-state index in [0.29, 0.717) is 16.3 Å². The maximum absolute atomic E-state index is 15.6. The van der Waals surface area contributed by atoms with E-state index in [0.717, 1.165) is 16.3 Å². The third-order valence-electron chi connectivity index (χ3n) is 3.88. The summed E-state index contributed by atoms with van der Waals surface area (Å²) in [5, 5.41) is 25.3. The average molecular weight is 396 g/mol. The van der Waals surface area contributed by atoms with Crippen LogP contribution in [0.5, 0.6) is 0 Å². The fraction of sp³-hybridized carbons (Fsp3) is 0.111. The predicted octanol–water partition coefficient (Wildman–Crippen LogP) is 2.83. The van der Waals surface area contributed by atoms with Gasteiger partial charge in [-0.1, -0.05) is 11.6 Å². The van der Waals surface area contributed by atoms with E-state index in [-0.39, 0.29) is 17.1 Å². The van der Waals surface area contributed by atoms with Crippen molar-refractivity contribution >= 4 is 28.6 Å². The number of hydrazine groups is 1. The van der Waals surface area contributed by atoms with Crippen LogP contribution in [0.25, 0.3) is 11.1 Å². The molecule has 0 fully saturated rings. The summed E-state index contributed by atoms with van der Waals surface area (Å²) in [6, 6.07) is 6.69. The van der Waals surface area contributed by atoms with Crippen molar-refractivity contribution in [2.45, 2.75) is 13.8 Å². The maximum atomic E-state index is 15.6. The molecule has 139 valence electrons. The van der Waals surface area contributed by atoms with Crippen molar-refractivity contribution < 1.29 is 4.39 Å². The monoisotopic (exact) mass is 395 g/mol. The molecule has 3 aromatic rings. The number of allylic oxidation sites excluding steroid dienone is 2. The van der Waals surface area contributed by atoms with Crippen LogP contribution in [0.15, 0.2) is 42.6 Å². The third kappa shape index (κ3) is 3.39. The molecule has 3 aromatic heterocycles. The van der Waals surface area contributed by atoms with E-state index < -0.39 is 5.95 Å². The zero-order chi connectivity index (χ0) is 19.7. The highest BCUT2D eigenvalue weighted by Crippen LogP contribution is 2.37. The minimum atomic E-state index is -0.674. The molecule has 0 saturated heterocycles. The average Bonchev–Trinajstić information content (AvgIpc) is 2.68. The van der Waals surface area contributed by atoms with Gasteiger partial charge in [0, 0.05) is 5.57 Å². The van der Waals surface area contributed by atoms with Crippen LogP contribution in [0.1, 0.15) is 22.6 Å². The Kier molecular flexibility index (Phi) is 4.66. The van der Waals surface area contributed by atoms with Crippen LogP contribution in [0.4, 0.5) is 10.2 Å². The van der Waals surface area contributed by atoms with Gasteiger partial charge in [-0.2, -0.15) is 29.9 Å². The Morgan fingerprint density at radius 1 is 1.00 bits per heavy atom. The van der Waals surface area contributed by atoms with Crippen LogP contribution in [-0.2, 0) is 0 Å². The lowest BCUT2D eigenvalue weighted by Gasteiger charge is -2.27. The molecule has 1 aliphatic rings. The molecule has 8 nitrogen and oxygen atoms in total. The van der Waals surface area contributed by atoms with E-state index in [9.17, 15) is 0 Å². The lowest BCUT2D eigenvalue weighted by atomic mass is 9.99. The fourth-order valence-electron chi connectivity index (χ4n) is 2.58. The number of halogens is 2. The number of nitrogens with one attached hydrogen (secondary N) is 1. The normalized spacial score (nSPS) is 14.0. The standard InChI is InChI=1S/C18H13ClFN8/c1-10-5-16(27-21-7-10)28-18(20)17(15-6-12(19)8-22-25-15)13(9-23-28)14-4-3-11(2)24-26-14/h3-8,23H,1-2H3. The number of aromatic nitrogens is 6. The van der Waals surface area contributed by atoms with E-state index in [2.05, 4.69) is 42.2 Å². The van der Waals surface area contributed by atoms with Crippen molar-refractivity contribution in [2.75, 3.05) is 5.01 Å². The molecular weight excluding hydrogens is 383 g/mol. The van der Waals surface area contributed by atoms with Gasteiger partial charge >= 0.3 is 0 Å². The minimum Gasteiger partial charge on any atom is -0.287 e. The predicted molar refractivity (Wildman–Crippen MR) is 101 cm³/mol. The smallest absolute Gasteiger partial charge is 0.224 e. The summed E-state index contributed by atoms with van der Waals surface area (Å²) in [5.41, 5.74) is 5.39. The van der Waals surface area contributed by atoms with Crippen molar-refractivity contribution in [1.82, 2.24) is 36.0 Å². The van der Waals surface area contributed by atoms with Gasteiger partial charge in [-0.15, -0.1) is 5.10 Å². The molecule has 1 radical (unpaired) electrons. The van der Waals surface area contributed by atoms with E-state index in [4.69, 9.17) is 11.6 Å². The molecular formula is C18H13ClFN8. The van der Waals surface area contributed by atoms with Gasteiger partial charge < -0.3 is 0 Å². The van der Waals surface area contributed by atoms with Crippen LogP contribution < -0.4 is 10.4 Å². The Hall–Kier alpha value is -3.46. The topological polar surface area (TPSA) is 92.6 Å².